The third kappa shape index (κ3) is 6.05. The van der Waals surface area contributed by atoms with Gasteiger partial charge in [0.2, 0.25) is 5.91 Å². The normalized spacial score (nSPS) is 15.3. The molecule has 0 radical (unpaired) electrons. The van der Waals surface area contributed by atoms with E-state index in [0.717, 1.165) is 11.1 Å². The minimum atomic E-state index is -0.945. The Morgan fingerprint density at radius 1 is 1.13 bits per heavy atom. The van der Waals surface area contributed by atoms with E-state index in [1.165, 1.54) is 12.1 Å². The lowest BCUT2D eigenvalue weighted by Crippen LogP contribution is -2.43. The molecule has 31 heavy (non-hydrogen) atoms. The predicted octanol–water partition coefficient (Wildman–Crippen LogP) is 4.41. The molecule has 7 heteroatoms. The molecular formula is C24H24ClFN2O3. The van der Waals surface area contributed by atoms with Gasteiger partial charge in [-0.25, -0.2) is 4.39 Å². The van der Waals surface area contributed by atoms with Crippen molar-refractivity contribution in [1.29, 1.82) is 5.26 Å². The van der Waals surface area contributed by atoms with Crippen molar-refractivity contribution in [3.05, 3.63) is 70.0 Å². The van der Waals surface area contributed by atoms with Crippen LogP contribution in [0, 0.1) is 22.6 Å². The summed E-state index contributed by atoms with van der Waals surface area (Å²) in [5, 5.41) is 19.3. The molecule has 1 N–H and O–H groups in total. The van der Waals surface area contributed by atoms with Crippen LogP contribution in [-0.4, -0.2) is 35.0 Å². The molecule has 1 saturated heterocycles. The van der Waals surface area contributed by atoms with Crippen molar-refractivity contribution < 1.29 is 19.1 Å². The van der Waals surface area contributed by atoms with E-state index in [4.69, 9.17) is 16.7 Å². The first kappa shape index (κ1) is 22.8. The molecule has 5 nitrogen and oxygen atoms in total. The number of piperidine rings is 1. The van der Waals surface area contributed by atoms with E-state index in [9.17, 15) is 19.2 Å². The monoisotopic (exact) mass is 442 g/mol. The first-order valence-electron chi connectivity index (χ1n) is 10.2. The Bertz CT molecular complexity index is 993. The molecule has 1 heterocycles. The van der Waals surface area contributed by atoms with Crippen LogP contribution >= 0.6 is 11.6 Å². The molecule has 0 spiro atoms. The molecule has 0 unspecified atom stereocenters. The number of hydrogen-bond acceptors (Lipinski definition) is 3. The SMILES string of the molecule is N#CC1(Cc2ccc(F)cc2)CCN(C(=O)CCc2ccc(Cl)cc2CC(=O)O)CC1. The maximum Gasteiger partial charge on any atom is 0.307 e. The Morgan fingerprint density at radius 3 is 2.42 bits per heavy atom. The summed E-state index contributed by atoms with van der Waals surface area (Å²) in [5.74, 6) is -1.26. The molecule has 1 amide bonds. The van der Waals surface area contributed by atoms with E-state index < -0.39 is 11.4 Å². The van der Waals surface area contributed by atoms with E-state index in [1.807, 2.05) is 0 Å². The number of carbonyl (C=O) groups excluding carboxylic acids is 1. The van der Waals surface area contributed by atoms with Gasteiger partial charge in [-0.1, -0.05) is 29.8 Å². The smallest absolute Gasteiger partial charge is 0.307 e. The van der Waals surface area contributed by atoms with Crippen LogP contribution in [0.5, 0.6) is 0 Å². The van der Waals surface area contributed by atoms with Crippen LogP contribution in [0.4, 0.5) is 4.39 Å². The molecule has 0 atom stereocenters. The lowest BCUT2D eigenvalue weighted by molar-refractivity contribution is -0.136. The average molecular weight is 443 g/mol. The second-order valence-corrected chi connectivity index (χ2v) is 8.50. The molecular weight excluding hydrogens is 419 g/mol. The minimum absolute atomic E-state index is 0.00968. The van der Waals surface area contributed by atoms with Gasteiger partial charge in [0.25, 0.3) is 0 Å². The van der Waals surface area contributed by atoms with Gasteiger partial charge in [0.1, 0.15) is 5.82 Å². The van der Waals surface area contributed by atoms with E-state index in [0.29, 0.717) is 49.4 Å². The summed E-state index contributed by atoms with van der Waals surface area (Å²) in [5.41, 5.74) is 1.78. The second kappa shape index (κ2) is 9.93. The first-order valence-corrected chi connectivity index (χ1v) is 10.6. The molecule has 1 aliphatic heterocycles. The van der Waals surface area contributed by atoms with Crippen LogP contribution in [0.1, 0.15) is 36.0 Å². The Balaban J connectivity index is 1.57. The minimum Gasteiger partial charge on any atom is -0.481 e. The zero-order valence-electron chi connectivity index (χ0n) is 17.1. The van der Waals surface area contributed by atoms with Crippen molar-refractivity contribution in [2.75, 3.05) is 13.1 Å². The summed E-state index contributed by atoms with van der Waals surface area (Å²) < 4.78 is 13.1. The number of hydrogen-bond donors (Lipinski definition) is 1. The number of halogens is 2. The highest BCUT2D eigenvalue weighted by molar-refractivity contribution is 6.30. The zero-order chi connectivity index (χ0) is 22.4. The van der Waals surface area contributed by atoms with Gasteiger partial charge in [-0.15, -0.1) is 0 Å². The maximum absolute atomic E-state index is 13.1. The van der Waals surface area contributed by atoms with E-state index in [-0.39, 0.29) is 24.6 Å². The van der Waals surface area contributed by atoms with Gasteiger partial charge < -0.3 is 10.0 Å². The van der Waals surface area contributed by atoms with E-state index in [2.05, 4.69) is 6.07 Å². The number of carboxylic acids is 1. The molecule has 0 aliphatic carbocycles. The van der Waals surface area contributed by atoms with Crippen LogP contribution in [0.2, 0.25) is 5.02 Å². The molecule has 1 fully saturated rings. The third-order valence-corrected chi connectivity index (χ3v) is 6.12. The summed E-state index contributed by atoms with van der Waals surface area (Å²) in [4.78, 5) is 25.6. The standard InChI is InChI=1S/C24H24ClFN2O3/c25-20-5-3-18(19(13-20)14-23(30)31)4-8-22(29)28-11-9-24(16-27,10-12-28)15-17-1-6-21(26)7-2-17/h1-3,5-7,13H,4,8-12,14-15H2,(H,30,31). The van der Waals surface area contributed by atoms with Crippen LogP contribution in [0.25, 0.3) is 0 Å². The van der Waals surface area contributed by atoms with E-state index in [1.54, 1.807) is 35.2 Å². The van der Waals surface area contributed by atoms with Crippen LogP contribution in [0.15, 0.2) is 42.5 Å². The van der Waals surface area contributed by atoms with Gasteiger partial charge in [-0.2, -0.15) is 5.26 Å². The van der Waals surface area contributed by atoms with Crippen LogP contribution in [0.3, 0.4) is 0 Å². The van der Waals surface area contributed by atoms with Crippen molar-refractivity contribution >= 4 is 23.5 Å². The van der Waals surface area contributed by atoms with Gasteiger partial charge in [-0.3, -0.25) is 9.59 Å². The van der Waals surface area contributed by atoms with Gasteiger partial charge in [0.05, 0.1) is 17.9 Å². The predicted molar refractivity (Wildman–Crippen MR) is 115 cm³/mol. The molecule has 0 aromatic heterocycles. The summed E-state index contributed by atoms with van der Waals surface area (Å²) in [6.45, 7) is 0.992. The Hall–Kier alpha value is -2.91. The topological polar surface area (TPSA) is 81.4 Å². The quantitative estimate of drug-likeness (QED) is 0.688. The van der Waals surface area contributed by atoms with Gasteiger partial charge >= 0.3 is 5.97 Å². The Labute approximate surface area is 186 Å². The number of benzene rings is 2. The number of aliphatic carboxylic acids is 1. The average Bonchev–Trinajstić information content (AvgIpc) is 2.75. The van der Waals surface area contributed by atoms with Crippen molar-refractivity contribution in [2.45, 2.75) is 38.5 Å². The first-order chi connectivity index (χ1) is 14.8. The summed E-state index contributed by atoms with van der Waals surface area (Å²) in [7, 11) is 0. The summed E-state index contributed by atoms with van der Waals surface area (Å²) in [6.07, 6.45) is 2.24. The number of rotatable bonds is 7. The molecule has 0 saturated carbocycles. The van der Waals surface area contributed by atoms with Crippen molar-refractivity contribution in [2.24, 2.45) is 5.41 Å². The lowest BCUT2D eigenvalue weighted by atomic mass is 9.75. The molecule has 3 rings (SSSR count). The summed E-state index contributed by atoms with van der Waals surface area (Å²) >= 11 is 5.98. The van der Waals surface area contributed by atoms with E-state index >= 15 is 0 Å². The Kier molecular flexibility index (Phi) is 7.29. The number of nitriles is 1. The van der Waals surface area contributed by atoms with Crippen molar-refractivity contribution in [3.63, 3.8) is 0 Å². The van der Waals surface area contributed by atoms with Crippen molar-refractivity contribution in [3.8, 4) is 6.07 Å². The fourth-order valence-corrected chi connectivity index (χ4v) is 4.27. The van der Waals surface area contributed by atoms with Gasteiger partial charge in [0.15, 0.2) is 0 Å². The zero-order valence-corrected chi connectivity index (χ0v) is 17.9. The lowest BCUT2D eigenvalue weighted by Gasteiger charge is -2.37. The number of nitrogens with zero attached hydrogens (tertiary/aromatic N) is 2. The number of carbonyl (C=O) groups is 2. The second-order valence-electron chi connectivity index (χ2n) is 8.06. The molecule has 0 bridgehead atoms. The molecule has 1 aliphatic rings. The highest BCUT2D eigenvalue weighted by atomic mass is 35.5. The molecule has 2 aromatic rings. The number of carboxylic acid groups (broad SMARTS) is 1. The maximum atomic E-state index is 13.1. The summed E-state index contributed by atoms with van der Waals surface area (Å²) in [6, 6.07) is 13.7. The number of amides is 1. The molecule has 2 aromatic carbocycles. The fourth-order valence-electron chi connectivity index (χ4n) is 4.07. The fraction of sp³-hybridized carbons (Fsp3) is 0.375. The number of likely N-dealkylation sites (tertiary alicyclic amines) is 1. The highest BCUT2D eigenvalue weighted by Gasteiger charge is 2.36. The Morgan fingerprint density at radius 2 is 1.81 bits per heavy atom. The third-order valence-electron chi connectivity index (χ3n) is 5.88. The number of aryl methyl sites for hydroxylation is 1. The highest BCUT2D eigenvalue weighted by Crippen LogP contribution is 2.35. The molecule has 162 valence electrons. The van der Waals surface area contributed by atoms with Crippen LogP contribution in [-0.2, 0) is 28.9 Å². The van der Waals surface area contributed by atoms with Crippen LogP contribution < -0.4 is 0 Å². The van der Waals surface area contributed by atoms with Gasteiger partial charge in [-0.05, 0) is 66.6 Å². The van der Waals surface area contributed by atoms with Crippen molar-refractivity contribution in [1.82, 2.24) is 4.90 Å². The van der Waals surface area contributed by atoms with Gasteiger partial charge in [0, 0.05) is 24.5 Å². The largest absolute Gasteiger partial charge is 0.481 e.